The van der Waals surface area contributed by atoms with Crippen LogP contribution in [0.25, 0.3) is 5.65 Å². The topological polar surface area (TPSA) is 78.7 Å². The highest BCUT2D eigenvalue weighted by atomic mass is 35.5. The average Bonchev–Trinajstić information content (AvgIpc) is 2.76. The molecule has 3 N–H and O–H groups in total. The first-order valence-electron chi connectivity index (χ1n) is 6.00. The van der Waals surface area contributed by atoms with Crippen LogP contribution >= 0.6 is 11.6 Å². The fourth-order valence-electron chi connectivity index (χ4n) is 1.92. The van der Waals surface area contributed by atoms with E-state index in [4.69, 9.17) is 16.8 Å². The van der Waals surface area contributed by atoms with Crippen LogP contribution in [0, 0.1) is 0 Å². The predicted molar refractivity (Wildman–Crippen MR) is 72.6 cm³/mol. The molecule has 0 bridgehead atoms. The molecule has 2 rings (SSSR count). The third-order valence-electron chi connectivity index (χ3n) is 2.72. The summed E-state index contributed by atoms with van der Waals surface area (Å²) in [4.78, 5) is 15.5. The number of halogens is 1. The van der Waals surface area contributed by atoms with Crippen LogP contribution in [0.5, 0.6) is 0 Å². The van der Waals surface area contributed by atoms with Crippen molar-refractivity contribution in [3.8, 4) is 0 Å². The van der Waals surface area contributed by atoms with Crippen LogP contribution in [0.2, 0.25) is 5.15 Å². The Bertz CT molecular complexity index is 597. The zero-order chi connectivity index (χ0) is 13.8. The van der Waals surface area contributed by atoms with Gasteiger partial charge in [0.15, 0.2) is 0 Å². The number of aromatic nitrogens is 2. The number of pyridine rings is 1. The monoisotopic (exact) mass is 282 g/mol. The molecule has 7 heteroatoms. The van der Waals surface area contributed by atoms with Crippen molar-refractivity contribution in [2.75, 3.05) is 11.9 Å². The van der Waals surface area contributed by atoms with Gasteiger partial charge in [0, 0.05) is 0 Å². The maximum atomic E-state index is 11.1. The molecule has 0 atom stereocenters. The molecule has 0 fully saturated rings. The zero-order valence-corrected chi connectivity index (χ0v) is 11.2. The SMILES string of the molecule is CCCc1c(NCC(=O)NO)nc2cccc(Cl)n12. The molecule has 6 nitrogen and oxygen atoms in total. The van der Waals surface area contributed by atoms with Crippen LogP contribution in [0.3, 0.4) is 0 Å². The molecule has 2 heterocycles. The van der Waals surface area contributed by atoms with Gasteiger partial charge in [-0.2, -0.15) is 0 Å². The van der Waals surface area contributed by atoms with Crippen molar-refractivity contribution in [2.45, 2.75) is 19.8 Å². The van der Waals surface area contributed by atoms with E-state index < -0.39 is 5.91 Å². The first kappa shape index (κ1) is 13.6. The van der Waals surface area contributed by atoms with Crippen LogP contribution < -0.4 is 10.8 Å². The van der Waals surface area contributed by atoms with Crippen molar-refractivity contribution in [3.05, 3.63) is 29.0 Å². The van der Waals surface area contributed by atoms with Gasteiger partial charge in [-0.25, -0.2) is 10.5 Å². The highest BCUT2D eigenvalue weighted by Crippen LogP contribution is 2.23. The van der Waals surface area contributed by atoms with Crippen LogP contribution in [0.4, 0.5) is 5.82 Å². The minimum atomic E-state index is -0.523. The summed E-state index contributed by atoms with van der Waals surface area (Å²) in [7, 11) is 0. The second-order valence-electron chi connectivity index (χ2n) is 4.09. The molecule has 2 aromatic heterocycles. The average molecular weight is 283 g/mol. The third-order valence-corrected chi connectivity index (χ3v) is 3.01. The fraction of sp³-hybridized carbons (Fsp3) is 0.333. The summed E-state index contributed by atoms with van der Waals surface area (Å²) in [6.45, 7) is 2.01. The van der Waals surface area contributed by atoms with Crippen LogP contribution in [0.1, 0.15) is 19.0 Å². The normalized spacial score (nSPS) is 10.7. The van der Waals surface area contributed by atoms with E-state index >= 15 is 0 Å². The summed E-state index contributed by atoms with van der Waals surface area (Å²) in [5.41, 5.74) is 3.22. The Labute approximate surface area is 115 Å². The van der Waals surface area contributed by atoms with E-state index in [1.54, 1.807) is 11.5 Å². The molecular formula is C12H15ClN4O2. The molecule has 0 radical (unpaired) electrons. The van der Waals surface area contributed by atoms with Gasteiger partial charge in [0.2, 0.25) is 0 Å². The Kier molecular flexibility index (Phi) is 4.24. The fourth-order valence-corrected chi connectivity index (χ4v) is 2.18. The molecule has 19 heavy (non-hydrogen) atoms. The van der Waals surface area contributed by atoms with Gasteiger partial charge in [0.1, 0.15) is 16.6 Å². The van der Waals surface area contributed by atoms with Gasteiger partial charge >= 0.3 is 0 Å². The van der Waals surface area contributed by atoms with Crippen LogP contribution in [0.15, 0.2) is 18.2 Å². The molecule has 0 spiro atoms. The lowest BCUT2D eigenvalue weighted by Crippen LogP contribution is -2.27. The van der Waals surface area contributed by atoms with Crippen LogP contribution in [-0.2, 0) is 11.2 Å². The summed E-state index contributed by atoms with van der Waals surface area (Å²) in [5, 5.41) is 12.0. The van der Waals surface area contributed by atoms with Gasteiger partial charge < -0.3 is 5.32 Å². The molecule has 2 aromatic rings. The van der Waals surface area contributed by atoms with Crippen molar-refractivity contribution in [1.29, 1.82) is 0 Å². The lowest BCUT2D eigenvalue weighted by Gasteiger charge is -2.06. The second kappa shape index (κ2) is 5.90. The van der Waals surface area contributed by atoms with Gasteiger partial charge in [-0.1, -0.05) is 31.0 Å². The van der Waals surface area contributed by atoms with Crippen molar-refractivity contribution >= 4 is 29.0 Å². The molecule has 0 unspecified atom stereocenters. The summed E-state index contributed by atoms with van der Waals surface area (Å²) in [6.07, 6.45) is 1.72. The third kappa shape index (κ3) is 2.80. The number of nitrogens with zero attached hydrogens (tertiary/aromatic N) is 2. The number of amides is 1. The molecule has 0 saturated heterocycles. The highest BCUT2D eigenvalue weighted by Gasteiger charge is 2.13. The van der Waals surface area contributed by atoms with Gasteiger partial charge in [0.25, 0.3) is 5.91 Å². The first-order chi connectivity index (χ1) is 9.17. The highest BCUT2D eigenvalue weighted by molar-refractivity contribution is 6.29. The molecule has 1 amide bonds. The predicted octanol–water partition coefficient (Wildman–Crippen LogP) is 1.86. The summed E-state index contributed by atoms with van der Waals surface area (Å²) >= 11 is 6.18. The zero-order valence-electron chi connectivity index (χ0n) is 10.5. The van der Waals surface area contributed by atoms with E-state index in [1.807, 2.05) is 16.5 Å². The number of aryl methyl sites for hydroxylation is 1. The van der Waals surface area contributed by atoms with Gasteiger partial charge in [-0.15, -0.1) is 0 Å². The van der Waals surface area contributed by atoms with E-state index in [9.17, 15) is 4.79 Å². The number of fused-ring (bicyclic) bond motifs is 1. The number of rotatable bonds is 5. The van der Waals surface area contributed by atoms with Gasteiger partial charge in [-0.05, 0) is 18.6 Å². The summed E-state index contributed by atoms with van der Waals surface area (Å²) in [5.74, 6) is 0.0872. The Morgan fingerprint density at radius 3 is 3.00 bits per heavy atom. The number of carbonyl (C=O) groups excluding carboxylic acids is 1. The number of imidazole rings is 1. The molecule has 0 aliphatic heterocycles. The van der Waals surface area contributed by atoms with Crippen molar-refractivity contribution < 1.29 is 10.0 Å². The quantitative estimate of drug-likeness (QED) is 0.444. The Hall–Kier alpha value is -1.79. The molecule has 0 saturated carbocycles. The number of nitrogens with one attached hydrogen (secondary N) is 2. The lowest BCUT2D eigenvalue weighted by atomic mass is 10.2. The minimum Gasteiger partial charge on any atom is -0.359 e. The van der Waals surface area contributed by atoms with E-state index in [-0.39, 0.29) is 6.54 Å². The number of hydrogen-bond donors (Lipinski definition) is 3. The summed E-state index contributed by atoms with van der Waals surface area (Å²) < 4.78 is 1.85. The van der Waals surface area contributed by atoms with Crippen LogP contribution in [-0.4, -0.2) is 27.0 Å². The van der Waals surface area contributed by atoms with E-state index in [0.29, 0.717) is 11.0 Å². The molecular weight excluding hydrogens is 268 g/mol. The van der Waals surface area contributed by atoms with E-state index in [0.717, 1.165) is 24.2 Å². The van der Waals surface area contributed by atoms with E-state index in [1.165, 1.54) is 0 Å². The first-order valence-corrected chi connectivity index (χ1v) is 6.37. The van der Waals surface area contributed by atoms with E-state index in [2.05, 4.69) is 17.2 Å². The van der Waals surface area contributed by atoms with Crippen molar-refractivity contribution in [1.82, 2.24) is 14.9 Å². The van der Waals surface area contributed by atoms with Crippen molar-refractivity contribution in [2.24, 2.45) is 0 Å². The molecule has 0 aliphatic carbocycles. The van der Waals surface area contributed by atoms with Gasteiger partial charge in [0.05, 0.1) is 12.2 Å². The summed E-state index contributed by atoms with van der Waals surface area (Å²) in [6, 6.07) is 5.46. The smallest absolute Gasteiger partial charge is 0.262 e. The maximum absolute atomic E-state index is 11.1. The Balaban J connectivity index is 2.39. The number of anilines is 1. The Morgan fingerprint density at radius 2 is 2.32 bits per heavy atom. The van der Waals surface area contributed by atoms with Crippen molar-refractivity contribution in [3.63, 3.8) is 0 Å². The molecule has 0 aliphatic rings. The number of hydrogen-bond acceptors (Lipinski definition) is 4. The Morgan fingerprint density at radius 1 is 1.53 bits per heavy atom. The van der Waals surface area contributed by atoms with Gasteiger partial charge in [-0.3, -0.25) is 14.4 Å². The largest absolute Gasteiger partial charge is 0.359 e. The number of hydroxylamine groups is 1. The maximum Gasteiger partial charge on any atom is 0.262 e. The standard InChI is InChI=1S/C12H15ClN4O2/c1-2-4-8-12(14-7-11(18)16-19)15-10-6-3-5-9(13)17(8)10/h3,5-6,14,19H,2,4,7H2,1H3,(H,16,18). The molecule has 0 aromatic carbocycles. The lowest BCUT2D eigenvalue weighted by molar-refractivity contribution is -0.127. The minimum absolute atomic E-state index is 0.0469. The second-order valence-corrected chi connectivity index (χ2v) is 4.48. The number of carbonyl (C=O) groups is 1. The molecule has 102 valence electrons.